The summed E-state index contributed by atoms with van der Waals surface area (Å²) in [6, 6.07) is 25.9. The Morgan fingerprint density at radius 3 is 2.24 bits per heavy atom. The Kier molecular flexibility index (Phi) is 9.58. The molecule has 1 fully saturated rings. The number of para-hydroxylation sites is 1. The van der Waals surface area contributed by atoms with Gasteiger partial charge < -0.3 is 29.8 Å². The number of carbonyl (C=O) groups is 2. The average Bonchev–Trinajstić information content (AvgIpc) is 3.47. The van der Waals surface area contributed by atoms with E-state index >= 15 is 0 Å². The summed E-state index contributed by atoms with van der Waals surface area (Å²) in [6.45, 7) is 2.84. The van der Waals surface area contributed by atoms with Crippen molar-refractivity contribution < 1.29 is 23.5 Å². The van der Waals surface area contributed by atoms with Gasteiger partial charge in [-0.15, -0.1) is 10.2 Å². The molecule has 0 bridgehead atoms. The molecule has 10 heteroatoms. The van der Waals surface area contributed by atoms with Crippen LogP contribution >= 0.6 is 0 Å². The van der Waals surface area contributed by atoms with Gasteiger partial charge in [-0.05, 0) is 35.6 Å². The molecule has 0 unspecified atom stereocenters. The molecule has 1 saturated heterocycles. The molecule has 0 aliphatic carbocycles. The number of benzene rings is 3. The van der Waals surface area contributed by atoms with Crippen LogP contribution in [0.5, 0.6) is 0 Å². The van der Waals surface area contributed by atoms with Gasteiger partial charge in [0.05, 0.1) is 19.8 Å². The summed E-state index contributed by atoms with van der Waals surface area (Å²) in [5, 5.41) is 17.3. The highest BCUT2D eigenvalue weighted by molar-refractivity contribution is 5.98. The number of alkyl carbamates (subject to hydrolysis) is 1. The van der Waals surface area contributed by atoms with E-state index in [1.807, 2.05) is 84.9 Å². The van der Waals surface area contributed by atoms with Gasteiger partial charge in [0.2, 0.25) is 17.7 Å². The molecule has 0 radical (unpaired) electrons. The number of hydrogen-bond acceptors (Lipinski definition) is 8. The van der Waals surface area contributed by atoms with E-state index in [-0.39, 0.29) is 18.1 Å². The lowest BCUT2D eigenvalue weighted by Gasteiger charge is -2.29. The zero-order valence-corrected chi connectivity index (χ0v) is 23.7. The second kappa shape index (κ2) is 13.9. The fraction of sp³-hybridized carbons (Fsp3) is 0.312. The number of nitrogens with one attached hydrogen (secondary N) is 3. The number of rotatable bonds is 10. The van der Waals surface area contributed by atoms with Crippen LogP contribution in [-0.2, 0) is 20.7 Å². The van der Waals surface area contributed by atoms with Gasteiger partial charge in [0.15, 0.2) is 0 Å². The van der Waals surface area contributed by atoms with Crippen molar-refractivity contribution in [3.63, 3.8) is 0 Å². The number of amides is 2. The SMILES string of the molecule is COC(=O)N[C@H](C(=O)Nc1ccccc1CC[C@@H]1CN[C@H](c2nnc(C)o2)CO1)C(c1ccccc1)c1ccccc1. The van der Waals surface area contributed by atoms with E-state index in [1.165, 1.54) is 7.11 Å². The molecule has 5 rings (SSSR count). The third kappa shape index (κ3) is 7.20. The lowest BCUT2D eigenvalue weighted by Crippen LogP contribution is -2.48. The van der Waals surface area contributed by atoms with Gasteiger partial charge in [-0.25, -0.2) is 4.79 Å². The molecule has 0 spiro atoms. The molecule has 2 amide bonds. The second-order valence-corrected chi connectivity index (χ2v) is 10.2. The van der Waals surface area contributed by atoms with Gasteiger partial charge >= 0.3 is 6.09 Å². The molecule has 3 atom stereocenters. The normalized spacial score (nSPS) is 17.4. The zero-order valence-electron chi connectivity index (χ0n) is 23.7. The minimum atomic E-state index is -0.938. The lowest BCUT2D eigenvalue weighted by atomic mass is 9.84. The summed E-state index contributed by atoms with van der Waals surface area (Å²) in [5.41, 5.74) is 3.44. The van der Waals surface area contributed by atoms with E-state index in [2.05, 4.69) is 26.1 Å². The third-order valence-corrected chi connectivity index (χ3v) is 7.33. The Morgan fingerprint density at radius 1 is 0.976 bits per heavy atom. The smallest absolute Gasteiger partial charge is 0.407 e. The number of carbonyl (C=O) groups excluding carboxylic acids is 2. The predicted molar refractivity (Wildman–Crippen MR) is 157 cm³/mol. The van der Waals surface area contributed by atoms with Crippen molar-refractivity contribution >= 4 is 17.7 Å². The number of morpholine rings is 1. The van der Waals surface area contributed by atoms with Crippen LogP contribution < -0.4 is 16.0 Å². The highest BCUT2D eigenvalue weighted by atomic mass is 16.5. The second-order valence-electron chi connectivity index (χ2n) is 10.2. The maximum absolute atomic E-state index is 13.9. The van der Waals surface area contributed by atoms with E-state index in [0.29, 0.717) is 37.0 Å². The molecule has 3 aromatic carbocycles. The number of methoxy groups -OCH3 is 1. The van der Waals surface area contributed by atoms with Crippen LogP contribution in [0.15, 0.2) is 89.3 Å². The van der Waals surface area contributed by atoms with Crippen molar-refractivity contribution in [2.45, 2.75) is 43.9 Å². The Balaban J connectivity index is 1.30. The summed E-state index contributed by atoms with van der Waals surface area (Å²) in [7, 11) is 1.28. The first-order chi connectivity index (χ1) is 20.5. The highest BCUT2D eigenvalue weighted by Crippen LogP contribution is 2.30. The number of hydrogen-bond donors (Lipinski definition) is 3. The van der Waals surface area contributed by atoms with Crippen LogP contribution in [0.4, 0.5) is 10.5 Å². The largest absolute Gasteiger partial charge is 0.453 e. The molecule has 42 heavy (non-hydrogen) atoms. The summed E-state index contributed by atoms with van der Waals surface area (Å²) in [6.07, 6.45) is 0.735. The molecule has 10 nitrogen and oxygen atoms in total. The standard InChI is InChI=1S/C32H35N5O5/c1-21-36-37-31(42-21)27-20-41-25(19-33-27)18-17-22-11-9-10-16-26(22)34-30(38)29(35-32(39)40-2)28(23-12-5-3-6-13-23)24-14-7-4-8-15-24/h3-16,25,27-29,33H,17-20H2,1-2H3,(H,34,38)(H,35,39)/t25-,27+,29+/m1/s1. The van der Waals surface area contributed by atoms with E-state index in [9.17, 15) is 9.59 Å². The van der Waals surface area contributed by atoms with Crippen molar-refractivity contribution in [1.82, 2.24) is 20.8 Å². The molecule has 2 heterocycles. The number of aromatic nitrogens is 2. The molecule has 1 aliphatic rings. The summed E-state index contributed by atoms with van der Waals surface area (Å²) in [5.74, 6) is 0.253. The third-order valence-electron chi connectivity index (χ3n) is 7.33. The number of aryl methyl sites for hydroxylation is 2. The van der Waals surface area contributed by atoms with Crippen LogP contribution in [0, 0.1) is 6.92 Å². The minimum absolute atomic E-state index is 0.0108. The number of nitrogens with zero attached hydrogens (tertiary/aromatic N) is 2. The van der Waals surface area contributed by atoms with Crippen LogP contribution in [0.2, 0.25) is 0 Å². The Bertz CT molecular complexity index is 1410. The fourth-order valence-electron chi connectivity index (χ4n) is 5.19. The van der Waals surface area contributed by atoms with Gasteiger partial charge in [-0.1, -0.05) is 78.9 Å². The van der Waals surface area contributed by atoms with Crippen molar-refractivity contribution in [1.29, 1.82) is 0 Å². The van der Waals surface area contributed by atoms with Gasteiger partial charge in [-0.2, -0.15) is 0 Å². The average molecular weight is 570 g/mol. The molecule has 1 aliphatic heterocycles. The van der Waals surface area contributed by atoms with E-state index < -0.39 is 18.1 Å². The summed E-state index contributed by atoms with van der Waals surface area (Å²) < 4.78 is 16.5. The topological polar surface area (TPSA) is 128 Å². The van der Waals surface area contributed by atoms with Crippen LogP contribution in [-0.4, -0.2) is 54.6 Å². The van der Waals surface area contributed by atoms with Gasteiger partial charge in [0, 0.05) is 25.1 Å². The maximum atomic E-state index is 13.9. The minimum Gasteiger partial charge on any atom is -0.453 e. The van der Waals surface area contributed by atoms with Crippen molar-refractivity contribution in [3.8, 4) is 0 Å². The quantitative estimate of drug-likeness (QED) is 0.254. The van der Waals surface area contributed by atoms with Crippen molar-refractivity contribution in [3.05, 3.63) is 113 Å². The molecule has 218 valence electrons. The zero-order chi connectivity index (χ0) is 29.3. The van der Waals surface area contributed by atoms with E-state index in [4.69, 9.17) is 13.9 Å². The van der Waals surface area contributed by atoms with E-state index in [1.54, 1.807) is 6.92 Å². The van der Waals surface area contributed by atoms with Gasteiger partial charge in [0.25, 0.3) is 0 Å². The molecule has 0 saturated carbocycles. The first-order valence-corrected chi connectivity index (χ1v) is 14.0. The fourth-order valence-corrected chi connectivity index (χ4v) is 5.19. The van der Waals surface area contributed by atoms with Crippen LogP contribution in [0.1, 0.15) is 46.9 Å². The van der Waals surface area contributed by atoms with Gasteiger partial charge in [0.1, 0.15) is 12.1 Å². The lowest BCUT2D eigenvalue weighted by molar-refractivity contribution is -0.118. The summed E-state index contributed by atoms with van der Waals surface area (Å²) in [4.78, 5) is 26.4. The van der Waals surface area contributed by atoms with Gasteiger partial charge in [-0.3, -0.25) is 4.79 Å². The monoisotopic (exact) mass is 569 g/mol. The van der Waals surface area contributed by atoms with Crippen molar-refractivity contribution in [2.75, 3.05) is 25.6 Å². The molecule has 4 aromatic rings. The number of anilines is 1. The predicted octanol–water partition coefficient (Wildman–Crippen LogP) is 4.54. The highest BCUT2D eigenvalue weighted by Gasteiger charge is 2.33. The number of ether oxygens (including phenoxy) is 2. The molecule has 3 N–H and O–H groups in total. The summed E-state index contributed by atoms with van der Waals surface area (Å²) >= 11 is 0. The maximum Gasteiger partial charge on any atom is 0.407 e. The van der Waals surface area contributed by atoms with Crippen LogP contribution in [0.3, 0.4) is 0 Å². The Labute approximate surface area is 244 Å². The first-order valence-electron chi connectivity index (χ1n) is 14.0. The molecule has 1 aromatic heterocycles. The Hall–Kier alpha value is -4.54. The van der Waals surface area contributed by atoms with E-state index in [0.717, 1.165) is 23.1 Å². The van der Waals surface area contributed by atoms with Crippen LogP contribution in [0.25, 0.3) is 0 Å². The van der Waals surface area contributed by atoms with Crippen molar-refractivity contribution in [2.24, 2.45) is 0 Å². The molecular weight excluding hydrogens is 534 g/mol. The first kappa shape index (κ1) is 29.0. The molecular formula is C32H35N5O5. The Morgan fingerprint density at radius 2 is 1.64 bits per heavy atom.